The minimum atomic E-state index is -0.480. The second-order valence-corrected chi connectivity index (χ2v) is 9.88. The Kier molecular flexibility index (Phi) is 11.6. The normalized spacial score (nSPS) is 14.0. The molecule has 0 saturated carbocycles. The molecular formula is C26H48N3O+. The summed E-state index contributed by atoms with van der Waals surface area (Å²) in [4.78, 5) is 13.1. The summed E-state index contributed by atoms with van der Waals surface area (Å²) in [5, 5.41) is 1.49. The maximum atomic E-state index is 13.1. The molecule has 1 unspecified atom stereocenters. The Morgan fingerprint density at radius 1 is 0.933 bits per heavy atom. The Morgan fingerprint density at radius 2 is 1.40 bits per heavy atom. The highest BCUT2D eigenvalue weighted by Gasteiger charge is 2.50. The highest BCUT2D eigenvalue weighted by atomic mass is 16.2. The van der Waals surface area contributed by atoms with Crippen molar-refractivity contribution in [3.05, 3.63) is 35.9 Å². The van der Waals surface area contributed by atoms with Crippen molar-refractivity contribution in [1.29, 1.82) is 0 Å². The van der Waals surface area contributed by atoms with Gasteiger partial charge in [0.15, 0.2) is 5.66 Å². The zero-order chi connectivity index (χ0) is 22.6. The summed E-state index contributed by atoms with van der Waals surface area (Å²) < 4.78 is 0.705. The quantitative estimate of drug-likeness (QED) is 0.0898. The van der Waals surface area contributed by atoms with Crippen LogP contribution in [0.5, 0.6) is 0 Å². The highest BCUT2D eigenvalue weighted by Crippen LogP contribution is 2.32. The first-order chi connectivity index (χ1) is 14.2. The molecule has 0 heterocycles. The second-order valence-electron chi connectivity index (χ2n) is 9.88. The predicted octanol–water partition coefficient (Wildman–Crippen LogP) is 6.37. The topological polar surface area (TPSA) is 46.3 Å². The molecule has 1 aromatic rings. The average molecular weight is 419 g/mol. The minimum absolute atomic E-state index is 0.110. The zero-order valence-corrected chi connectivity index (χ0v) is 20.6. The van der Waals surface area contributed by atoms with E-state index in [4.69, 9.17) is 5.84 Å². The van der Waals surface area contributed by atoms with Crippen LogP contribution >= 0.6 is 0 Å². The van der Waals surface area contributed by atoms with Crippen LogP contribution in [0.3, 0.4) is 0 Å². The van der Waals surface area contributed by atoms with Gasteiger partial charge in [-0.3, -0.25) is 4.79 Å². The number of unbranched alkanes of at least 4 members (excludes halogenated alkanes) is 9. The van der Waals surface area contributed by atoms with E-state index in [1.165, 1.54) is 69.2 Å². The summed E-state index contributed by atoms with van der Waals surface area (Å²) in [5.74, 6) is 6.62. The largest absolute Gasteiger partial charge is 0.305 e. The van der Waals surface area contributed by atoms with Gasteiger partial charge >= 0.3 is 0 Å². The molecule has 1 amide bonds. The van der Waals surface area contributed by atoms with Gasteiger partial charge in [0, 0.05) is 18.4 Å². The number of hydrazine groups is 1. The van der Waals surface area contributed by atoms with Gasteiger partial charge in [0.05, 0.1) is 20.6 Å². The van der Waals surface area contributed by atoms with E-state index in [2.05, 4.69) is 41.8 Å². The molecule has 0 spiro atoms. The minimum Gasteiger partial charge on any atom is -0.305 e. The number of quaternary nitrogens is 1. The average Bonchev–Trinajstić information content (AvgIpc) is 2.73. The van der Waals surface area contributed by atoms with Crippen molar-refractivity contribution in [2.24, 2.45) is 11.8 Å². The van der Waals surface area contributed by atoms with Gasteiger partial charge in [-0.05, 0) is 25.0 Å². The van der Waals surface area contributed by atoms with Crippen molar-refractivity contribution in [3.8, 4) is 0 Å². The van der Waals surface area contributed by atoms with Gasteiger partial charge in [-0.2, -0.15) is 0 Å². The number of nitrogens with two attached hydrogens (primary N) is 1. The third-order valence-corrected chi connectivity index (χ3v) is 7.12. The van der Waals surface area contributed by atoms with Crippen LogP contribution in [0.2, 0.25) is 0 Å². The van der Waals surface area contributed by atoms with Gasteiger partial charge in [-0.15, -0.1) is 0 Å². The predicted molar refractivity (Wildman–Crippen MR) is 129 cm³/mol. The number of carbonyl (C=O) groups excluding carboxylic acids is 1. The number of carbonyl (C=O) groups is 1. The lowest BCUT2D eigenvalue weighted by molar-refractivity contribution is -0.956. The first-order valence-electron chi connectivity index (χ1n) is 12.2. The second kappa shape index (κ2) is 13.1. The molecule has 0 aromatic heterocycles. The molecule has 0 saturated heterocycles. The summed E-state index contributed by atoms with van der Waals surface area (Å²) in [7, 11) is 4.43. The Hall–Kier alpha value is -1.39. The summed E-state index contributed by atoms with van der Waals surface area (Å²) >= 11 is 0. The molecule has 0 aliphatic heterocycles. The summed E-state index contributed by atoms with van der Waals surface area (Å²) in [6.07, 6.45) is 13.3. The number of rotatable bonds is 15. The molecule has 2 N–H and O–H groups in total. The molecule has 0 bridgehead atoms. The first-order valence-corrected chi connectivity index (χ1v) is 12.2. The van der Waals surface area contributed by atoms with Crippen molar-refractivity contribution < 1.29 is 9.28 Å². The van der Waals surface area contributed by atoms with Crippen LogP contribution in [-0.4, -0.2) is 41.7 Å². The molecule has 1 rings (SSSR count). The summed E-state index contributed by atoms with van der Waals surface area (Å²) in [5.41, 5.74) is 0.164. The van der Waals surface area contributed by atoms with Crippen LogP contribution in [0.25, 0.3) is 0 Å². The third kappa shape index (κ3) is 7.39. The Labute approximate surface area is 186 Å². The molecule has 0 fully saturated rings. The summed E-state index contributed by atoms with van der Waals surface area (Å²) in [6.45, 7) is 9.74. The van der Waals surface area contributed by atoms with E-state index in [1.807, 2.05) is 30.3 Å². The van der Waals surface area contributed by atoms with Gasteiger partial charge < -0.3 is 4.48 Å². The lowest BCUT2D eigenvalue weighted by Crippen LogP contribution is -2.72. The fraction of sp³-hybridized carbons (Fsp3) is 0.731. The lowest BCUT2D eigenvalue weighted by atomic mass is 9.92. The van der Waals surface area contributed by atoms with Gasteiger partial charge in [-0.1, -0.05) is 90.3 Å². The fourth-order valence-electron chi connectivity index (χ4n) is 4.42. The zero-order valence-electron chi connectivity index (χ0n) is 20.6. The van der Waals surface area contributed by atoms with Crippen LogP contribution < -0.4 is 5.84 Å². The van der Waals surface area contributed by atoms with E-state index in [9.17, 15) is 4.79 Å². The van der Waals surface area contributed by atoms with Crippen molar-refractivity contribution in [3.63, 3.8) is 0 Å². The molecule has 0 aliphatic carbocycles. The first kappa shape index (κ1) is 26.6. The van der Waals surface area contributed by atoms with Gasteiger partial charge in [0.1, 0.15) is 0 Å². The van der Waals surface area contributed by atoms with Crippen molar-refractivity contribution in [2.75, 3.05) is 20.6 Å². The van der Waals surface area contributed by atoms with Crippen molar-refractivity contribution >= 4 is 5.91 Å². The van der Waals surface area contributed by atoms with Crippen LogP contribution in [0.4, 0.5) is 0 Å². The molecule has 1 aromatic carbocycles. The monoisotopic (exact) mass is 418 g/mol. The van der Waals surface area contributed by atoms with Crippen molar-refractivity contribution in [1.82, 2.24) is 5.01 Å². The molecule has 4 heteroatoms. The Balaban J connectivity index is 2.57. The smallest absolute Gasteiger partial charge is 0.272 e. The van der Waals surface area contributed by atoms with Crippen LogP contribution in [0.15, 0.2) is 30.3 Å². The van der Waals surface area contributed by atoms with E-state index in [0.29, 0.717) is 10.0 Å². The SMILES string of the molecule is CCCCCCCCCCCC[N+](C)(C)C(C)(C(C)C)N(N)C(=O)c1ccccc1. The standard InChI is InChI=1S/C26H48N3O/c1-7-8-9-10-11-12-13-14-15-19-22-29(5,6)26(4,23(2)3)28(27)25(30)24-20-17-16-18-21-24/h16-18,20-21,23H,7-15,19,22,27H2,1-6H3/q+1. The number of hydrogen-bond donors (Lipinski definition) is 1. The van der Waals surface area contributed by atoms with Gasteiger partial charge in [0.2, 0.25) is 0 Å². The van der Waals surface area contributed by atoms with E-state index < -0.39 is 5.66 Å². The number of hydrogen-bond acceptors (Lipinski definition) is 2. The molecule has 1 atom stereocenters. The molecular weight excluding hydrogens is 370 g/mol. The van der Waals surface area contributed by atoms with E-state index in [0.717, 1.165) is 6.54 Å². The number of benzene rings is 1. The molecule has 172 valence electrons. The fourth-order valence-corrected chi connectivity index (χ4v) is 4.42. The molecule has 30 heavy (non-hydrogen) atoms. The van der Waals surface area contributed by atoms with Crippen LogP contribution in [0, 0.1) is 5.92 Å². The highest BCUT2D eigenvalue weighted by molar-refractivity contribution is 5.94. The maximum absolute atomic E-state index is 13.1. The number of nitrogens with zero attached hydrogens (tertiary/aromatic N) is 2. The van der Waals surface area contributed by atoms with Gasteiger partial charge in [0.25, 0.3) is 5.91 Å². The molecule has 0 aliphatic rings. The molecule has 0 radical (unpaired) electrons. The van der Waals surface area contributed by atoms with Gasteiger partial charge in [-0.25, -0.2) is 10.9 Å². The van der Waals surface area contributed by atoms with E-state index in [1.54, 1.807) is 0 Å². The van der Waals surface area contributed by atoms with E-state index in [-0.39, 0.29) is 11.8 Å². The maximum Gasteiger partial charge on any atom is 0.272 e. The van der Waals surface area contributed by atoms with E-state index >= 15 is 0 Å². The van der Waals surface area contributed by atoms with Crippen LogP contribution in [0.1, 0.15) is 102 Å². The molecule has 4 nitrogen and oxygen atoms in total. The van der Waals surface area contributed by atoms with Crippen LogP contribution in [-0.2, 0) is 0 Å². The Bertz CT molecular complexity index is 600. The number of amides is 1. The Morgan fingerprint density at radius 3 is 1.87 bits per heavy atom. The third-order valence-electron chi connectivity index (χ3n) is 7.12. The lowest BCUT2D eigenvalue weighted by Gasteiger charge is -2.52. The van der Waals surface area contributed by atoms with Crippen molar-refractivity contribution in [2.45, 2.75) is 97.6 Å². The summed E-state index contributed by atoms with van der Waals surface area (Å²) in [6, 6.07) is 9.37.